The standard InChI is InChI=1S/C11H12ClNO5/c1-17-9-4-7(6-12)3-8(5-10(14)18-2)11(9)13(15)16/h3-4H,5-6H2,1-2H3. The van der Waals surface area contributed by atoms with Gasteiger partial charge in [0.1, 0.15) is 0 Å². The summed E-state index contributed by atoms with van der Waals surface area (Å²) in [6.07, 6.45) is -0.200. The summed E-state index contributed by atoms with van der Waals surface area (Å²) < 4.78 is 9.45. The van der Waals surface area contributed by atoms with Crippen molar-refractivity contribution in [3.05, 3.63) is 33.4 Å². The van der Waals surface area contributed by atoms with Gasteiger partial charge in [0.15, 0.2) is 5.75 Å². The number of ether oxygens (including phenoxy) is 2. The Morgan fingerprint density at radius 3 is 2.56 bits per heavy atom. The Labute approximate surface area is 109 Å². The van der Waals surface area contributed by atoms with Crippen LogP contribution < -0.4 is 4.74 Å². The Morgan fingerprint density at radius 2 is 2.11 bits per heavy atom. The first kappa shape index (κ1) is 14.2. The summed E-state index contributed by atoms with van der Waals surface area (Å²) in [5, 5.41) is 11.0. The number of alkyl halides is 1. The smallest absolute Gasteiger partial charge is 0.314 e. The van der Waals surface area contributed by atoms with Gasteiger partial charge in [-0.3, -0.25) is 14.9 Å². The highest BCUT2D eigenvalue weighted by atomic mass is 35.5. The highest BCUT2D eigenvalue weighted by Gasteiger charge is 2.23. The quantitative estimate of drug-likeness (QED) is 0.355. The van der Waals surface area contributed by atoms with Gasteiger partial charge in [-0.15, -0.1) is 11.6 Å². The molecule has 0 saturated heterocycles. The predicted octanol–water partition coefficient (Wildman–Crippen LogP) is 2.06. The van der Waals surface area contributed by atoms with E-state index in [0.29, 0.717) is 5.56 Å². The lowest BCUT2D eigenvalue weighted by molar-refractivity contribution is -0.386. The van der Waals surface area contributed by atoms with E-state index in [4.69, 9.17) is 16.3 Å². The fraction of sp³-hybridized carbons (Fsp3) is 0.364. The SMILES string of the molecule is COC(=O)Cc1cc(CCl)cc(OC)c1[N+](=O)[O-]. The Kier molecular flexibility index (Phi) is 4.91. The second-order valence-electron chi connectivity index (χ2n) is 3.45. The number of hydrogen-bond acceptors (Lipinski definition) is 5. The monoisotopic (exact) mass is 273 g/mol. The highest BCUT2D eigenvalue weighted by molar-refractivity contribution is 6.17. The first-order chi connectivity index (χ1) is 8.53. The molecular formula is C11H12ClNO5. The van der Waals surface area contributed by atoms with Gasteiger partial charge in [0.05, 0.1) is 25.6 Å². The molecule has 0 radical (unpaired) electrons. The molecule has 1 aromatic rings. The Morgan fingerprint density at radius 1 is 1.44 bits per heavy atom. The minimum absolute atomic E-state index is 0.0806. The van der Waals surface area contributed by atoms with Crippen LogP contribution in [0.5, 0.6) is 5.75 Å². The molecule has 0 N–H and O–H groups in total. The zero-order valence-corrected chi connectivity index (χ0v) is 10.7. The number of methoxy groups -OCH3 is 2. The van der Waals surface area contributed by atoms with Crippen LogP contribution in [0.2, 0.25) is 0 Å². The number of rotatable bonds is 5. The van der Waals surface area contributed by atoms with E-state index in [9.17, 15) is 14.9 Å². The number of benzene rings is 1. The number of nitro groups is 1. The molecule has 0 heterocycles. The molecule has 98 valence electrons. The number of nitrogens with zero attached hydrogens (tertiary/aromatic N) is 1. The summed E-state index contributed by atoms with van der Waals surface area (Å²) >= 11 is 5.69. The van der Waals surface area contributed by atoms with Crippen LogP contribution in [0.15, 0.2) is 12.1 Å². The lowest BCUT2D eigenvalue weighted by atomic mass is 10.1. The van der Waals surface area contributed by atoms with Gasteiger partial charge in [-0.05, 0) is 17.7 Å². The normalized spacial score (nSPS) is 9.94. The number of carbonyl (C=O) groups is 1. The van der Waals surface area contributed by atoms with E-state index in [-0.39, 0.29) is 29.3 Å². The van der Waals surface area contributed by atoms with Gasteiger partial charge in [-0.2, -0.15) is 0 Å². The fourth-order valence-electron chi connectivity index (χ4n) is 1.53. The molecule has 7 heteroatoms. The molecule has 0 unspecified atom stereocenters. The minimum atomic E-state index is -0.588. The molecule has 0 aliphatic rings. The van der Waals surface area contributed by atoms with Gasteiger partial charge in [0, 0.05) is 11.4 Å². The second-order valence-corrected chi connectivity index (χ2v) is 3.72. The van der Waals surface area contributed by atoms with Crippen LogP contribution in [0.3, 0.4) is 0 Å². The van der Waals surface area contributed by atoms with Crippen molar-refractivity contribution in [2.24, 2.45) is 0 Å². The van der Waals surface area contributed by atoms with E-state index in [1.165, 1.54) is 26.4 Å². The van der Waals surface area contributed by atoms with Crippen molar-refractivity contribution >= 4 is 23.3 Å². The Balaban J connectivity index is 3.34. The van der Waals surface area contributed by atoms with Crippen LogP contribution in [-0.4, -0.2) is 25.1 Å². The van der Waals surface area contributed by atoms with Crippen LogP contribution in [0.4, 0.5) is 5.69 Å². The minimum Gasteiger partial charge on any atom is -0.490 e. The van der Waals surface area contributed by atoms with Crippen molar-refractivity contribution < 1.29 is 19.2 Å². The maximum atomic E-state index is 11.2. The average Bonchev–Trinajstić information content (AvgIpc) is 2.36. The van der Waals surface area contributed by atoms with Crippen LogP contribution in [0, 0.1) is 10.1 Å². The third kappa shape index (κ3) is 3.10. The van der Waals surface area contributed by atoms with Crippen LogP contribution >= 0.6 is 11.6 Å². The summed E-state index contributed by atoms with van der Waals surface area (Å²) in [4.78, 5) is 21.7. The van der Waals surface area contributed by atoms with E-state index in [2.05, 4.69) is 4.74 Å². The number of halogens is 1. The number of esters is 1. The summed E-state index contributed by atoms with van der Waals surface area (Å²) in [5.74, 6) is -0.313. The zero-order chi connectivity index (χ0) is 13.7. The summed E-state index contributed by atoms with van der Waals surface area (Å²) in [7, 11) is 2.54. The van der Waals surface area contributed by atoms with Crippen molar-refractivity contribution in [2.75, 3.05) is 14.2 Å². The molecule has 0 atom stereocenters. The molecule has 0 aliphatic carbocycles. The summed E-state index contributed by atoms with van der Waals surface area (Å²) in [6.45, 7) is 0. The topological polar surface area (TPSA) is 78.7 Å². The molecule has 6 nitrogen and oxygen atoms in total. The molecule has 0 amide bonds. The van der Waals surface area contributed by atoms with Crippen molar-refractivity contribution in [2.45, 2.75) is 12.3 Å². The molecule has 0 fully saturated rings. The van der Waals surface area contributed by atoms with Gasteiger partial charge in [-0.1, -0.05) is 0 Å². The van der Waals surface area contributed by atoms with E-state index in [0.717, 1.165) is 0 Å². The lowest BCUT2D eigenvalue weighted by Crippen LogP contribution is -2.08. The van der Waals surface area contributed by atoms with Gasteiger partial charge in [-0.25, -0.2) is 0 Å². The number of nitro benzene ring substituents is 1. The van der Waals surface area contributed by atoms with Crippen LogP contribution in [0.1, 0.15) is 11.1 Å². The maximum absolute atomic E-state index is 11.2. The van der Waals surface area contributed by atoms with Gasteiger partial charge < -0.3 is 9.47 Å². The van der Waals surface area contributed by atoms with Crippen molar-refractivity contribution in [3.8, 4) is 5.75 Å². The second kappa shape index (κ2) is 6.20. The zero-order valence-electron chi connectivity index (χ0n) is 9.94. The van der Waals surface area contributed by atoms with Crippen LogP contribution in [-0.2, 0) is 21.8 Å². The van der Waals surface area contributed by atoms with Crippen LogP contribution in [0.25, 0.3) is 0 Å². The Hall–Kier alpha value is -1.82. The molecule has 0 bridgehead atoms. The molecule has 0 aromatic heterocycles. The number of hydrogen-bond donors (Lipinski definition) is 0. The summed E-state index contributed by atoms with van der Waals surface area (Å²) in [5.41, 5.74) is 0.622. The van der Waals surface area contributed by atoms with E-state index < -0.39 is 10.9 Å². The molecule has 1 aromatic carbocycles. The highest BCUT2D eigenvalue weighted by Crippen LogP contribution is 2.33. The van der Waals surface area contributed by atoms with E-state index in [1.807, 2.05) is 0 Å². The van der Waals surface area contributed by atoms with Gasteiger partial charge >= 0.3 is 11.7 Å². The largest absolute Gasteiger partial charge is 0.490 e. The average molecular weight is 274 g/mol. The summed E-state index contributed by atoms with van der Waals surface area (Å²) in [6, 6.07) is 2.98. The first-order valence-electron chi connectivity index (χ1n) is 5.00. The van der Waals surface area contributed by atoms with Crippen molar-refractivity contribution in [1.82, 2.24) is 0 Å². The first-order valence-corrected chi connectivity index (χ1v) is 5.53. The molecule has 0 spiro atoms. The molecule has 1 rings (SSSR count). The lowest BCUT2D eigenvalue weighted by Gasteiger charge is -2.08. The Bertz CT molecular complexity index is 475. The maximum Gasteiger partial charge on any atom is 0.314 e. The molecule has 0 aliphatic heterocycles. The van der Waals surface area contributed by atoms with Gasteiger partial charge in [0.25, 0.3) is 0 Å². The van der Waals surface area contributed by atoms with Crippen molar-refractivity contribution in [3.63, 3.8) is 0 Å². The fourth-order valence-corrected chi connectivity index (χ4v) is 1.69. The molecular weight excluding hydrogens is 262 g/mol. The third-order valence-corrected chi connectivity index (χ3v) is 2.64. The van der Waals surface area contributed by atoms with E-state index >= 15 is 0 Å². The third-order valence-electron chi connectivity index (χ3n) is 2.33. The van der Waals surface area contributed by atoms with Gasteiger partial charge in [0.2, 0.25) is 0 Å². The number of carbonyl (C=O) groups excluding carboxylic acids is 1. The molecule has 18 heavy (non-hydrogen) atoms. The van der Waals surface area contributed by atoms with E-state index in [1.54, 1.807) is 0 Å². The van der Waals surface area contributed by atoms with Crippen molar-refractivity contribution in [1.29, 1.82) is 0 Å². The molecule has 0 saturated carbocycles. The predicted molar refractivity (Wildman–Crippen MR) is 64.9 cm³/mol.